The van der Waals surface area contributed by atoms with Crippen molar-refractivity contribution in [2.24, 2.45) is 5.92 Å². The first-order valence-corrected chi connectivity index (χ1v) is 7.30. The van der Waals surface area contributed by atoms with Crippen LogP contribution in [0.3, 0.4) is 0 Å². The highest BCUT2D eigenvalue weighted by molar-refractivity contribution is 5.89. The van der Waals surface area contributed by atoms with Gasteiger partial charge < -0.3 is 4.90 Å². The minimum atomic E-state index is -0.169. The minimum absolute atomic E-state index is 0.169. The van der Waals surface area contributed by atoms with Gasteiger partial charge in [0.2, 0.25) is 5.91 Å². The molecule has 1 atom stereocenters. The molecule has 0 bridgehead atoms. The summed E-state index contributed by atoms with van der Waals surface area (Å²) in [6.07, 6.45) is 10.1. The molecule has 17 heavy (non-hydrogen) atoms. The number of nitrogens with one attached hydrogen (secondary N) is 1. The van der Waals surface area contributed by atoms with Crippen LogP contribution in [0.5, 0.6) is 0 Å². The first-order valence-electron chi connectivity index (χ1n) is 7.30. The molecule has 2 aliphatic carbocycles. The second kappa shape index (κ2) is 4.27. The fourth-order valence-corrected chi connectivity index (χ4v) is 4.04. The molecule has 3 fully saturated rings. The van der Waals surface area contributed by atoms with Gasteiger partial charge >= 0.3 is 0 Å². The van der Waals surface area contributed by atoms with Gasteiger partial charge in [-0.15, -0.1) is 0 Å². The molecule has 0 aromatic carbocycles. The SMILES string of the molecule is CC1NC2(CCCC2)C(=O)N1CC1CCCC1. The van der Waals surface area contributed by atoms with Crippen LogP contribution < -0.4 is 5.32 Å². The lowest BCUT2D eigenvalue weighted by atomic mass is 9.97. The molecule has 3 heteroatoms. The number of rotatable bonds is 2. The first-order chi connectivity index (χ1) is 8.21. The molecule has 1 amide bonds. The van der Waals surface area contributed by atoms with Crippen LogP contribution in [0.4, 0.5) is 0 Å². The Kier molecular flexibility index (Phi) is 2.89. The summed E-state index contributed by atoms with van der Waals surface area (Å²) in [6.45, 7) is 3.15. The van der Waals surface area contributed by atoms with Crippen molar-refractivity contribution in [1.29, 1.82) is 0 Å². The summed E-state index contributed by atoms with van der Waals surface area (Å²) < 4.78 is 0. The van der Waals surface area contributed by atoms with Crippen LogP contribution in [-0.4, -0.2) is 29.1 Å². The van der Waals surface area contributed by atoms with E-state index in [4.69, 9.17) is 0 Å². The topological polar surface area (TPSA) is 32.3 Å². The summed E-state index contributed by atoms with van der Waals surface area (Å²) in [5.41, 5.74) is -0.169. The van der Waals surface area contributed by atoms with Crippen molar-refractivity contribution in [3.63, 3.8) is 0 Å². The van der Waals surface area contributed by atoms with Crippen LogP contribution in [0.15, 0.2) is 0 Å². The maximum atomic E-state index is 12.6. The zero-order valence-electron chi connectivity index (χ0n) is 10.9. The molecule has 1 N–H and O–H groups in total. The highest BCUT2D eigenvalue weighted by Crippen LogP contribution is 2.37. The Morgan fingerprint density at radius 2 is 1.88 bits per heavy atom. The van der Waals surface area contributed by atoms with Crippen molar-refractivity contribution in [3.05, 3.63) is 0 Å². The maximum absolute atomic E-state index is 12.6. The molecule has 1 unspecified atom stereocenters. The molecule has 0 aromatic heterocycles. The van der Waals surface area contributed by atoms with Gasteiger partial charge in [-0.1, -0.05) is 25.7 Å². The Morgan fingerprint density at radius 1 is 1.24 bits per heavy atom. The highest BCUT2D eigenvalue weighted by Gasteiger charge is 2.51. The molecule has 1 spiro atoms. The lowest BCUT2D eigenvalue weighted by Gasteiger charge is -2.25. The van der Waals surface area contributed by atoms with Crippen molar-refractivity contribution < 1.29 is 4.79 Å². The quantitative estimate of drug-likeness (QED) is 0.797. The Balaban J connectivity index is 1.70. The predicted octanol–water partition coefficient (Wildman–Crippen LogP) is 2.27. The van der Waals surface area contributed by atoms with Crippen LogP contribution in [-0.2, 0) is 4.79 Å². The average Bonchev–Trinajstić information content (AvgIpc) is 2.99. The molecule has 1 aliphatic heterocycles. The van der Waals surface area contributed by atoms with Crippen LogP contribution >= 0.6 is 0 Å². The molecule has 1 saturated heterocycles. The molecule has 0 aromatic rings. The van der Waals surface area contributed by atoms with Gasteiger partial charge in [-0.25, -0.2) is 0 Å². The lowest BCUT2D eigenvalue weighted by molar-refractivity contribution is -0.133. The zero-order valence-corrected chi connectivity index (χ0v) is 10.9. The van der Waals surface area contributed by atoms with Gasteiger partial charge in [-0.3, -0.25) is 10.1 Å². The fourth-order valence-electron chi connectivity index (χ4n) is 4.04. The number of hydrogen-bond donors (Lipinski definition) is 1. The van der Waals surface area contributed by atoms with Crippen LogP contribution in [0.1, 0.15) is 58.3 Å². The largest absolute Gasteiger partial charge is 0.326 e. The van der Waals surface area contributed by atoms with E-state index in [0.29, 0.717) is 5.91 Å². The van der Waals surface area contributed by atoms with Crippen molar-refractivity contribution in [3.8, 4) is 0 Å². The van der Waals surface area contributed by atoms with Crippen LogP contribution in [0, 0.1) is 5.92 Å². The second-order valence-electron chi connectivity index (χ2n) is 6.22. The monoisotopic (exact) mass is 236 g/mol. The van der Waals surface area contributed by atoms with Gasteiger partial charge in [-0.05, 0) is 38.5 Å². The van der Waals surface area contributed by atoms with E-state index in [2.05, 4.69) is 17.1 Å². The van der Waals surface area contributed by atoms with Crippen molar-refractivity contribution in [2.75, 3.05) is 6.54 Å². The lowest BCUT2D eigenvalue weighted by Crippen LogP contribution is -2.44. The number of amides is 1. The molecule has 1 heterocycles. The third kappa shape index (κ3) is 1.88. The second-order valence-corrected chi connectivity index (χ2v) is 6.22. The normalized spacial score (nSPS) is 33.1. The molecule has 3 nitrogen and oxygen atoms in total. The van der Waals surface area contributed by atoms with Gasteiger partial charge in [0.1, 0.15) is 0 Å². The molecule has 3 rings (SSSR count). The maximum Gasteiger partial charge on any atom is 0.244 e. The van der Waals surface area contributed by atoms with E-state index in [1.54, 1.807) is 0 Å². The first kappa shape index (κ1) is 11.5. The Morgan fingerprint density at radius 3 is 2.53 bits per heavy atom. The number of hydrogen-bond acceptors (Lipinski definition) is 2. The van der Waals surface area contributed by atoms with Gasteiger partial charge in [-0.2, -0.15) is 0 Å². The molecular weight excluding hydrogens is 212 g/mol. The Labute approximate surface area is 104 Å². The molecule has 96 valence electrons. The fraction of sp³-hybridized carbons (Fsp3) is 0.929. The molecule has 3 aliphatic rings. The summed E-state index contributed by atoms with van der Waals surface area (Å²) in [5.74, 6) is 1.16. The molecular formula is C14H24N2O. The Bertz CT molecular complexity index is 303. The standard InChI is InChI=1S/C14H24N2O/c1-11-15-14(8-4-5-9-14)13(17)16(11)10-12-6-2-3-7-12/h11-12,15H,2-10H2,1H3. The van der Waals surface area contributed by atoms with E-state index in [0.717, 1.165) is 25.3 Å². The van der Waals surface area contributed by atoms with Gasteiger partial charge in [0.15, 0.2) is 0 Å². The van der Waals surface area contributed by atoms with Gasteiger partial charge in [0.25, 0.3) is 0 Å². The van der Waals surface area contributed by atoms with E-state index < -0.39 is 0 Å². The third-order valence-electron chi connectivity index (χ3n) is 5.01. The Hall–Kier alpha value is -0.570. The highest BCUT2D eigenvalue weighted by atomic mass is 16.2. The number of nitrogens with zero attached hydrogens (tertiary/aromatic N) is 1. The van der Waals surface area contributed by atoms with E-state index >= 15 is 0 Å². The third-order valence-corrected chi connectivity index (χ3v) is 5.01. The van der Waals surface area contributed by atoms with Crippen LogP contribution in [0.25, 0.3) is 0 Å². The summed E-state index contributed by atoms with van der Waals surface area (Å²) in [7, 11) is 0. The van der Waals surface area contributed by atoms with Crippen molar-refractivity contribution >= 4 is 5.91 Å². The van der Waals surface area contributed by atoms with Crippen molar-refractivity contribution in [1.82, 2.24) is 10.2 Å². The number of carbonyl (C=O) groups is 1. The van der Waals surface area contributed by atoms with E-state index in [1.165, 1.54) is 38.5 Å². The average molecular weight is 236 g/mol. The summed E-state index contributed by atoms with van der Waals surface area (Å²) in [6, 6.07) is 0. The van der Waals surface area contributed by atoms with Crippen molar-refractivity contribution in [2.45, 2.75) is 70.0 Å². The predicted molar refractivity (Wildman–Crippen MR) is 67.5 cm³/mol. The molecule has 0 radical (unpaired) electrons. The number of carbonyl (C=O) groups excluding carboxylic acids is 1. The van der Waals surface area contributed by atoms with E-state index in [9.17, 15) is 4.79 Å². The molecule has 2 saturated carbocycles. The minimum Gasteiger partial charge on any atom is -0.326 e. The summed E-state index contributed by atoms with van der Waals surface area (Å²) >= 11 is 0. The van der Waals surface area contributed by atoms with Gasteiger partial charge in [0.05, 0.1) is 11.7 Å². The zero-order chi connectivity index (χ0) is 11.9. The summed E-state index contributed by atoms with van der Waals surface area (Å²) in [5, 5.41) is 3.58. The van der Waals surface area contributed by atoms with E-state index in [-0.39, 0.29) is 11.7 Å². The van der Waals surface area contributed by atoms with Crippen LogP contribution in [0.2, 0.25) is 0 Å². The van der Waals surface area contributed by atoms with E-state index in [1.807, 2.05) is 0 Å². The van der Waals surface area contributed by atoms with Gasteiger partial charge in [0, 0.05) is 6.54 Å². The summed E-state index contributed by atoms with van der Waals surface area (Å²) in [4.78, 5) is 14.7. The smallest absolute Gasteiger partial charge is 0.244 e.